The predicted octanol–water partition coefficient (Wildman–Crippen LogP) is 4.06. The monoisotopic (exact) mass is 359 g/mol. The van der Waals surface area contributed by atoms with Crippen LogP contribution in [0.2, 0.25) is 0 Å². The maximum atomic E-state index is 12.5. The van der Waals surface area contributed by atoms with Crippen molar-refractivity contribution in [2.75, 3.05) is 13.2 Å². The zero-order valence-electron chi connectivity index (χ0n) is 15.1. The van der Waals surface area contributed by atoms with Crippen molar-refractivity contribution in [3.05, 3.63) is 71.9 Å². The Morgan fingerprint density at radius 1 is 1.07 bits per heavy atom. The Balaban J connectivity index is 1.17. The lowest BCUT2D eigenvalue weighted by molar-refractivity contribution is -0.146. The Morgan fingerprint density at radius 3 is 2.89 bits per heavy atom. The molecule has 2 aromatic carbocycles. The molecular weight excluding hydrogens is 338 g/mol. The number of pyridine rings is 1. The summed E-state index contributed by atoms with van der Waals surface area (Å²) in [6.45, 7) is 0.611. The smallest absolute Gasteiger partial charge is 0.309 e. The first-order chi connectivity index (χ1) is 13.3. The van der Waals surface area contributed by atoms with Crippen LogP contribution in [0.4, 0.5) is 0 Å². The third kappa shape index (κ3) is 2.76. The highest BCUT2D eigenvalue weighted by Gasteiger charge is 2.62. The lowest BCUT2D eigenvalue weighted by Gasteiger charge is -2.12. The van der Waals surface area contributed by atoms with Gasteiger partial charge in [0, 0.05) is 17.0 Å². The van der Waals surface area contributed by atoms with E-state index in [-0.39, 0.29) is 23.9 Å². The summed E-state index contributed by atoms with van der Waals surface area (Å²) in [6, 6.07) is 18.2. The largest absolute Gasteiger partial charge is 0.489 e. The van der Waals surface area contributed by atoms with Crippen LogP contribution in [0.15, 0.2) is 60.8 Å². The first-order valence-corrected chi connectivity index (χ1v) is 9.49. The molecule has 0 aliphatic heterocycles. The van der Waals surface area contributed by atoms with E-state index in [1.54, 1.807) is 6.20 Å². The van der Waals surface area contributed by atoms with Crippen LogP contribution in [0.1, 0.15) is 24.0 Å². The molecule has 5 rings (SSSR count). The van der Waals surface area contributed by atoms with E-state index in [1.165, 1.54) is 11.1 Å². The lowest BCUT2D eigenvalue weighted by atomic mass is 9.95. The Labute approximate surface area is 158 Å². The molecule has 27 heavy (non-hydrogen) atoms. The molecule has 1 spiro atoms. The van der Waals surface area contributed by atoms with Gasteiger partial charge in [-0.05, 0) is 48.6 Å². The molecular formula is C23H21NO3. The number of benzene rings is 2. The molecule has 2 unspecified atom stereocenters. The molecule has 2 aliphatic carbocycles. The van der Waals surface area contributed by atoms with Crippen LogP contribution >= 0.6 is 0 Å². The van der Waals surface area contributed by atoms with Crippen molar-refractivity contribution >= 4 is 16.9 Å². The van der Waals surface area contributed by atoms with E-state index >= 15 is 0 Å². The fourth-order valence-corrected chi connectivity index (χ4v) is 4.49. The van der Waals surface area contributed by atoms with Crippen LogP contribution < -0.4 is 4.74 Å². The van der Waals surface area contributed by atoms with Gasteiger partial charge in [0.25, 0.3) is 0 Å². The number of fused-ring (bicyclic) bond motifs is 3. The van der Waals surface area contributed by atoms with Crippen molar-refractivity contribution in [3.63, 3.8) is 0 Å². The number of hydrogen-bond acceptors (Lipinski definition) is 4. The van der Waals surface area contributed by atoms with Crippen molar-refractivity contribution in [1.29, 1.82) is 0 Å². The van der Waals surface area contributed by atoms with Gasteiger partial charge in [0.05, 0.1) is 11.4 Å². The molecule has 2 aliphatic rings. The molecule has 0 amide bonds. The number of para-hydroxylation sites is 1. The van der Waals surface area contributed by atoms with Gasteiger partial charge in [0.2, 0.25) is 0 Å². The summed E-state index contributed by atoms with van der Waals surface area (Å²) in [5.74, 6) is 0.682. The molecule has 0 saturated heterocycles. The second-order valence-corrected chi connectivity index (χ2v) is 7.41. The minimum Gasteiger partial charge on any atom is -0.489 e. The van der Waals surface area contributed by atoms with Gasteiger partial charge in [-0.15, -0.1) is 0 Å². The molecule has 4 nitrogen and oxygen atoms in total. The molecule has 1 saturated carbocycles. The Morgan fingerprint density at radius 2 is 1.93 bits per heavy atom. The van der Waals surface area contributed by atoms with Gasteiger partial charge in [0.1, 0.15) is 19.0 Å². The summed E-state index contributed by atoms with van der Waals surface area (Å²) < 4.78 is 11.3. The van der Waals surface area contributed by atoms with Gasteiger partial charge in [-0.2, -0.15) is 0 Å². The number of aromatic nitrogens is 1. The van der Waals surface area contributed by atoms with Gasteiger partial charge in [-0.25, -0.2) is 0 Å². The molecule has 1 heterocycles. The zero-order valence-corrected chi connectivity index (χ0v) is 15.1. The van der Waals surface area contributed by atoms with E-state index in [4.69, 9.17) is 9.47 Å². The Kier molecular flexibility index (Phi) is 3.85. The highest BCUT2D eigenvalue weighted by molar-refractivity contribution is 5.84. The van der Waals surface area contributed by atoms with E-state index in [0.29, 0.717) is 6.61 Å². The highest BCUT2D eigenvalue weighted by atomic mass is 16.6. The first kappa shape index (κ1) is 16.3. The second kappa shape index (κ2) is 6.38. The van der Waals surface area contributed by atoms with Gasteiger partial charge < -0.3 is 9.47 Å². The Hall–Kier alpha value is -2.88. The minimum atomic E-state index is -0.0881. The van der Waals surface area contributed by atoms with Crippen LogP contribution in [0.5, 0.6) is 5.75 Å². The normalized spacial score (nSPS) is 22.6. The summed E-state index contributed by atoms with van der Waals surface area (Å²) in [4.78, 5) is 16.8. The van der Waals surface area contributed by atoms with Crippen molar-refractivity contribution in [2.45, 2.75) is 24.7 Å². The fraction of sp³-hybridized carbons (Fsp3) is 0.304. The summed E-state index contributed by atoms with van der Waals surface area (Å²) in [6.07, 6.45) is 4.78. The number of ether oxygens (including phenoxy) is 2. The van der Waals surface area contributed by atoms with Crippen molar-refractivity contribution in [2.24, 2.45) is 5.92 Å². The summed E-state index contributed by atoms with van der Waals surface area (Å²) in [5.41, 5.74) is 3.68. The molecule has 1 aromatic heterocycles. The number of rotatable bonds is 5. The van der Waals surface area contributed by atoms with Crippen LogP contribution in [0, 0.1) is 5.92 Å². The van der Waals surface area contributed by atoms with Gasteiger partial charge in [-0.1, -0.05) is 36.4 Å². The molecule has 136 valence electrons. The third-order valence-corrected chi connectivity index (χ3v) is 5.95. The molecule has 0 bridgehead atoms. The summed E-state index contributed by atoms with van der Waals surface area (Å²) in [5, 5.41) is 0.968. The van der Waals surface area contributed by atoms with Crippen molar-refractivity contribution < 1.29 is 14.3 Å². The van der Waals surface area contributed by atoms with E-state index in [9.17, 15) is 4.79 Å². The highest BCUT2D eigenvalue weighted by Crippen LogP contribution is 2.61. The number of hydrogen-bond donors (Lipinski definition) is 0. The molecule has 4 heteroatoms. The molecule has 3 aromatic rings. The number of aryl methyl sites for hydroxylation is 1. The number of carbonyl (C=O) groups is 1. The van der Waals surface area contributed by atoms with Crippen molar-refractivity contribution in [1.82, 2.24) is 4.98 Å². The van der Waals surface area contributed by atoms with Crippen LogP contribution in [-0.4, -0.2) is 24.2 Å². The van der Waals surface area contributed by atoms with E-state index in [1.807, 2.05) is 30.3 Å². The Bertz CT molecular complexity index is 1010. The van der Waals surface area contributed by atoms with Crippen molar-refractivity contribution in [3.8, 4) is 5.75 Å². The predicted molar refractivity (Wildman–Crippen MR) is 103 cm³/mol. The number of nitrogens with zero attached hydrogens (tertiary/aromatic N) is 1. The maximum absolute atomic E-state index is 12.5. The van der Waals surface area contributed by atoms with Crippen LogP contribution in [-0.2, 0) is 21.4 Å². The van der Waals surface area contributed by atoms with Gasteiger partial charge >= 0.3 is 5.97 Å². The maximum Gasteiger partial charge on any atom is 0.309 e. The van der Waals surface area contributed by atoms with E-state index in [2.05, 4.69) is 29.2 Å². The van der Waals surface area contributed by atoms with E-state index < -0.39 is 0 Å². The fourth-order valence-electron chi connectivity index (χ4n) is 4.49. The summed E-state index contributed by atoms with van der Waals surface area (Å²) >= 11 is 0. The number of esters is 1. The quantitative estimate of drug-likeness (QED) is 0.509. The van der Waals surface area contributed by atoms with Gasteiger partial charge in [0.15, 0.2) is 0 Å². The molecule has 2 atom stereocenters. The average molecular weight is 359 g/mol. The number of carbonyl (C=O) groups excluding carboxylic acids is 1. The summed E-state index contributed by atoms with van der Waals surface area (Å²) in [7, 11) is 0. The molecule has 1 fully saturated rings. The van der Waals surface area contributed by atoms with Gasteiger partial charge in [-0.3, -0.25) is 9.78 Å². The molecule has 0 radical (unpaired) electrons. The minimum absolute atomic E-state index is 0.00269. The zero-order chi connectivity index (χ0) is 18.3. The van der Waals surface area contributed by atoms with E-state index in [0.717, 1.165) is 35.9 Å². The topological polar surface area (TPSA) is 48.4 Å². The second-order valence-electron chi connectivity index (χ2n) is 7.41. The molecule has 0 N–H and O–H groups in total. The van der Waals surface area contributed by atoms with Crippen LogP contribution in [0.25, 0.3) is 10.9 Å². The SMILES string of the molecule is O=C(OCCOc1ccnc2ccccc12)C1CC12CCc1ccccc12. The van der Waals surface area contributed by atoms with Crippen LogP contribution in [0.3, 0.4) is 0 Å². The third-order valence-electron chi connectivity index (χ3n) is 5.95. The lowest BCUT2D eigenvalue weighted by Crippen LogP contribution is -2.18. The average Bonchev–Trinajstić information content (AvgIpc) is 3.34. The first-order valence-electron chi connectivity index (χ1n) is 9.49. The standard InChI is InChI=1S/C23H21NO3/c25-22(19-15-23(19)11-9-16-5-1-3-7-18(16)23)27-14-13-26-21-10-12-24-20-8-4-2-6-17(20)21/h1-8,10,12,19H,9,11,13-15H2.